The SMILES string of the molecule is Cc1cc(C)cc(CNS(=O)(=O)c2cc(Cl)cc(Cl)c2)c1. The van der Waals surface area contributed by atoms with Crippen molar-refractivity contribution < 1.29 is 8.42 Å². The fraction of sp³-hybridized carbons (Fsp3) is 0.200. The Bertz CT molecular complexity index is 733. The zero-order valence-corrected chi connectivity index (χ0v) is 14.0. The van der Waals surface area contributed by atoms with Gasteiger partial charge in [-0.15, -0.1) is 0 Å². The van der Waals surface area contributed by atoms with Crippen molar-refractivity contribution >= 4 is 33.2 Å². The first-order chi connectivity index (χ1) is 9.76. The summed E-state index contributed by atoms with van der Waals surface area (Å²) in [7, 11) is -3.65. The van der Waals surface area contributed by atoms with E-state index in [-0.39, 0.29) is 21.5 Å². The third kappa shape index (κ3) is 4.45. The van der Waals surface area contributed by atoms with Crippen molar-refractivity contribution in [1.29, 1.82) is 0 Å². The van der Waals surface area contributed by atoms with Gasteiger partial charge >= 0.3 is 0 Å². The number of halogens is 2. The monoisotopic (exact) mass is 343 g/mol. The maximum absolute atomic E-state index is 12.3. The Hall–Kier alpha value is -1.07. The van der Waals surface area contributed by atoms with E-state index in [1.165, 1.54) is 18.2 Å². The lowest BCUT2D eigenvalue weighted by Gasteiger charge is -2.09. The summed E-state index contributed by atoms with van der Waals surface area (Å²) >= 11 is 11.7. The Morgan fingerprint density at radius 2 is 1.43 bits per heavy atom. The van der Waals surface area contributed by atoms with Crippen LogP contribution in [0.3, 0.4) is 0 Å². The number of nitrogens with one attached hydrogen (secondary N) is 1. The maximum atomic E-state index is 12.3. The Kier molecular flexibility index (Phi) is 4.94. The molecule has 0 saturated carbocycles. The van der Waals surface area contributed by atoms with Crippen LogP contribution in [0.15, 0.2) is 41.3 Å². The smallest absolute Gasteiger partial charge is 0.207 e. The van der Waals surface area contributed by atoms with Gasteiger partial charge in [-0.1, -0.05) is 52.5 Å². The molecule has 112 valence electrons. The molecule has 21 heavy (non-hydrogen) atoms. The highest BCUT2D eigenvalue weighted by atomic mass is 35.5. The average molecular weight is 344 g/mol. The Morgan fingerprint density at radius 3 is 1.95 bits per heavy atom. The van der Waals surface area contributed by atoms with Crippen LogP contribution in [0.1, 0.15) is 16.7 Å². The van der Waals surface area contributed by atoms with E-state index in [1.54, 1.807) is 0 Å². The standard InChI is InChI=1S/C15H15Cl2NO2S/c1-10-3-11(2)5-12(4-10)9-18-21(19,20)15-7-13(16)6-14(17)8-15/h3-8,18H,9H2,1-2H3. The second kappa shape index (κ2) is 6.36. The van der Waals surface area contributed by atoms with E-state index in [4.69, 9.17) is 23.2 Å². The summed E-state index contributed by atoms with van der Waals surface area (Å²) in [6, 6.07) is 10.2. The first kappa shape index (κ1) is 16.3. The molecule has 0 heterocycles. The minimum absolute atomic E-state index is 0.0596. The van der Waals surface area contributed by atoms with Crippen molar-refractivity contribution in [2.24, 2.45) is 0 Å². The van der Waals surface area contributed by atoms with Crippen LogP contribution in [-0.2, 0) is 16.6 Å². The van der Waals surface area contributed by atoms with E-state index in [9.17, 15) is 8.42 Å². The molecule has 0 aliphatic carbocycles. The molecule has 1 N–H and O–H groups in total. The highest BCUT2D eigenvalue weighted by molar-refractivity contribution is 7.89. The Labute approximate surface area is 135 Å². The molecule has 0 atom stereocenters. The van der Waals surface area contributed by atoms with Gasteiger partial charge in [-0.05, 0) is 37.6 Å². The fourth-order valence-electron chi connectivity index (χ4n) is 2.12. The molecule has 0 amide bonds. The van der Waals surface area contributed by atoms with Crippen LogP contribution in [0.2, 0.25) is 10.0 Å². The van der Waals surface area contributed by atoms with Crippen LogP contribution >= 0.6 is 23.2 Å². The first-order valence-electron chi connectivity index (χ1n) is 6.29. The fourth-order valence-corrected chi connectivity index (χ4v) is 3.86. The van der Waals surface area contributed by atoms with E-state index in [1.807, 2.05) is 32.0 Å². The predicted octanol–water partition coefficient (Wildman–Crippen LogP) is 4.09. The molecule has 0 saturated heterocycles. The number of hydrogen-bond donors (Lipinski definition) is 1. The number of sulfonamides is 1. The van der Waals surface area contributed by atoms with Crippen LogP contribution in [0.5, 0.6) is 0 Å². The van der Waals surface area contributed by atoms with Crippen molar-refractivity contribution in [3.05, 3.63) is 63.1 Å². The normalized spacial score (nSPS) is 11.6. The van der Waals surface area contributed by atoms with Crippen molar-refractivity contribution in [2.75, 3.05) is 0 Å². The highest BCUT2D eigenvalue weighted by Crippen LogP contribution is 2.22. The van der Waals surface area contributed by atoms with Gasteiger partial charge in [-0.3, -0.25) is 0 Å². The zero-order valence-electron chi connectivity index (χ0n) is 11.7. The highest BCUT2D eigenvalue weighted by Gasteiger charge is 2.15. The molecule has 0 aliphatic heterocycles. The molecule has 0 spiro atoms. The van der Waals surface area contributed by atoms with Gasteiger partial charge in [0.1, 0.15) is 0 Å². The van der Waals surface area contributed by atoms with E-state index in [2.05, 4.69) is 4.72 Å². The summed E-state index contributed by atoms with van der Waals surface area (Å²) in [5.74, 6) is 0. The van der Waals surface area contributed by atoms with E-state index in [0.29, 0.717) is 0 Å². The summed E-state index contributed by atoms with van der Waals surface area (Å²) < 4.78 is 27.1. The van der Waals surface area contributed by atoms with Crippen molar-refractivity contribution in [3.63, 3.8) is 0 Å². The van der Waals surface area contributed by atoms with Gasteiger partial charge in [-0.2, -0.15) is 0 Å². The van der Waals surface area contributed by atoms with Gasteiger partial charge < -0.3 is 0 Å². The first-order valence-corrected chi connectivity index (χ1v) is 8.53. The quantitative estimate of drug-likeness (QED) is 0.908. The summed E-state index contributed by atoms with van der Waals surface area (Å²) in [5.41, 5.74) is 3.09. The van der Waals surface area contributed by atoms with Crippen LogP contribution in [0.4, 0.5) is 0 Å². The Morgan fingerprint density at radius 1 is 0.905 bits per heavy atom. The number of rotatable bonds is 4. The second-order valence-electron chi connectivity index (χ2n) is 4.93. The third-order valence-electron chi connectivity index (χ3n) is 2.89. The predicted molar refractivity (Wildman–Crippen MR) is 86.4 cm³/mol. The van der Waals surface area contributed by atoms with Crippen LogP contribution < -0.4 is 4.72 Å². The number of aryl methyl sites for hydroxylation is 2. The number of hydrogen-bond acceptors (Lipinski definition) is 2. The van der Waals surface area contributed by atoms with Gasteiger partial charge in [0.05, 0.1) is 4.90 Å². The molecule has 2 aromatic rings. The molecule has 3 nitrogen and oxygen atoms in total. The van der Waals surface area contributed by atoms with E-state index in [0.717, 1.165) is 16.7 Å². The molecule has 2 rings (SSSR count). The number of benzene rings is 2. The average Bonchev–Trinajstić information content (AvgIpc) is 2.34. The molecule has 0 aliphatic rings. The molecule has 0 aromatic heterocycles. The molecule has 0 radical (unpaired) electrons. The van der Waals surface area contributed by atoms with Gasteiger partial charge in [0.15, 0.2) is 0 Å². The topological polar surface area (TPSA) is 46.2 Å². The third-order valence-corrected chi connectivity index (χ3v) is 4.71. The van der Waals surface area contributed by atoms with Crippen LogP contribution in [0, 0.1) is 13.8 Å². The maximum Gasteiger partial charge on any atom is 0.240 e. The minimum atomic E-state index is -3.65. The lowest BCUT2D eigenvalue weighted by Crippen LogP contribution is -2.23. The zero-order chi connectivity index (χ0) is 15.6. The minimum Gasteiger partial charge on any atom is -0.207 e. The van der Waals surface area contributed by atoms with E-state index < -0.39 is 10.0 Å². The lowest BCUT2D eigenvalue weighted by atomic mass is 10.1. The van der Waals surface area contributed by atoms with Crippen LogP contribution in [0.25, 0.3) is 0 Å². The van der Waals surface area contributed by atoms with Gasteiger partial charge in [-0.25, -0.2) is 13.1 Å². The van der Waals surface area contributed by atoms with E-state index >= 15 is 0 Å². The van der Waals surface area contributed by atoms with Gasteiger partial charge in [0.2, 0.25) is 10.0 Å². The molecule has 0 unspecified atom stereocenters. The molecule has 0 bridgehead atoms. The Balaban J connectivity index is 2.21. The largest absolute Gasteiger partial charge is 0.240 e. The summed E-state index contributed by atoms with van der Waals surface area (Å²) in [6.45, 7) is 4.17. The summed E-state index contributed by atoms with van der Waals surface area (Å²) in [4.78, 5) is 0.0596. The molecule has 0 fully saturated rings. The van der Waals surface area contributed by atoms with Gasteiger partial charge in [0.25, 0.3) is 0 Å². The summed E-state index contributed by atoms with van der Waals surface area (Å²) in [5, 5.41) is 0.573. The summed E-state index contributed by atoms with van der Waals surface area (Å²) in [6.07, 6.45) is 0. The van der Waals surface area contributed by atoms with Crippen LogP contribution in [-0.4, -0.2) is 8.42 Å². The van der Waals surface area contributed by atoms with Crippen molar-refractivity contribution in [1.82, 2.24) is 4.72 Å². The molecule has 2 aromatic carbocycles. The lowest BCUT2D eigenvalue weighted by molar-refractivity contribution is 0.581. The molecular formula is C15H15Cl2NO2S. The van der Waals surface area contributed by atoms with Crippen molar-refractivity contribution in [2.45, 2.75) is 25.3 Å². The van der Waals surface area contributed by atoms with Gasteiger partial charge in [0, 0.05) is 16.6 Å². The molecular weight excluding hydrogens is 329 g/mol. The molecule has 6 heteroatoms. The second-order valence-corrected chi connectivity index (χ2v) is 7.57. The van der Waals surface area contributed by atoms with Crippen molar-refractivity contribution in [3.8, 4) is 0 Å².